The number of carbonyl (C=O) groups is 1. The number of rotatable bonds is 4. The molecule has 5 rings (SSSR count). The Labute approximate surface area is 172 Å². The first-order valence-electron chi connectivity index (χ1n) is 9.79. The lowest BCUT2D eigenvalue weighted by molar-refractivity contribution is -0.0735. The van der Waals surface area contributed by atoms with Gasteiger partial charge in [0, 0.05) is 43.1 Å². The van der Waals surface area contributed by atoms with Gasteiger partial charge < -0.3 is 19.3 Å². The van der Waals surface area contributed by atoms with Gasteiger partial charge in [0.05, 0.1) is 12.9 Å². The number of thiophene rings is 1. The Morgan fingerprint density at radius 1 is 1.31 bits per heavy atom. The van der Waals surface area contributed by atoms with E-state index < -0.39 is 5.97 Å². The van der Waals surface area contributed by atoms with Gasteiger partial charge in [-0.2, -0.15) is 0 Å². The SMILES string of the molecule is O=C(O)c1cc2c(s1)C1(CCN(c3ccc(Cn4ccnc4)cn3)CC1)OCC2. The molecule has 0 bridgehead atoms. The van der Waals surface area contributed by atoms with Gasteiger partial charge in [0.1, 0.15) is 16.3 Å². The summed E-state index contributed by atoms with van der Waals surface area (Å²) in [5.41, 5.74) is 1.94. The predicted octanol–water partition coefficient (Wildman–Crippen LogP) is 3.15. The van der Waals surface area contributed by atoms with Crippen LogP contribution in [0, 0.1) is 0 Å². The molecule has 29 heavy (non-hydrogen) atoms. The first kappa shape index (κ1) is 18.3. The van der Waals surface area contributed by atoms with Crippen LogP contribution in [0.4, 0.5) is 5.82 Å². The van der Waals surface area contributed by atoms with Gasteiger partial charge in [-0.25, -0.2) is 14.8 Å². The number of hydrogen-bond donors (Lipinski definition) is 1. The van der Waals surface area contributed by atoms with Crippen molar-refractivity contribution in [2.45, 2.75) is 31.4 Å². The highest BCUT2D eigenvalue weighted by molar-refractivity contribution is 7.14. The van der Waals surface area contributed by atoms with Gasteiger partial charge in [0.15, 0.2) is 0 Å². The molecular formula is C21H22N4O3S. The summed E-state index contributed by atoms with van der Waals surface area (Å²) in [6.45, 7) is 3.10. The van der Waals surface area contributed by atoms with E-state index in [9.17, 15) is 9.90 Å². The van der Waals surface area contributed by atoms with Crippen molar-refractivity contribution < 1.29 is 14.6 Å². The van der Waals surface area contributed by atoms with Crippen LogP contribution in [0.3, 0.4) is 0 Å². The number of carboxylic acid groups (broad SMARTS) is 1. The van der Waals surface area contributed by atoms with Crippen LogP contribution in [0.15, 0.2) is 43.1 Å². The monoisotopic (exact) mass is 410 g/mol. The number of piperidine rings is 1. The van der Waals surface area contributed by atoms with Crippen LogP contribution in [-0.2, 0) is 23.3 Å². The minimum absolute atomic E-state index is 0.343. The van der Waals surface area contributed by atoms with Gasteiger partial charge in [-0.15, -0.1) is 11.3 Å². The standard InChI is InChI=1S/C21H22N4O3S/c26-20(27)17-11-16-3-10-28-21(19(16)29-17)4-7-25(8-5-21)18-2-1-15(12-23-18)13-24-9-6-22-14-24/h1-2,6,9,11-12,14H,3-5,7-8,10,13H2,(H,26,27). The molecule has 0 radical (unpaired) electrons. The molecule has 0 amide bonds. The lowest BCUT2D eigenvalue weighted by Gasteiger charge is -2.44. The smallest absolute Gasteiger partial charge is 0.345 e. The topological polar surface area (TPSA) is 80.5 Å². The fraction of sp³-hybridized carbons (Fsp3) is 0.381. The lowest BCUT2D eigenvalue weighted by Crippen LogP contribution is -2.46. The van der Waals surface area contributed by atoms with E-state index in [-0.39, 0.29) is 5.60 Å². The lowest BCUT2D eigenvalue weighted by atomic mass is 9.85. The van der Waals surface area contributed by atoms with Crippen molar-refractivity contribution in [3.05, 3.63) is 64.0 Å². The summed E-state index contributed by atoms with van der Waals surface area (Å²) < 4.78 is 8.27. The molecule has 8 heteroatoms. The van der Waals surface area contributed by atoms with Crippen molar-refractivity contribution >= 4 is 23.1 Å². The van der Waals surface area contributed by atoms with E-state index in [1.165, 1.54) is 11.3 Å². The van der Waals surface area contributed by atoms with Crippen LogP contribution >= 0.6 is 11.3 Å². The molecule has 0 atom stereocenters. The highest BCUT2D eigenvalue weighted by atomic mass is 32.1. The van der Waals surface area contributed by atoms with Crippen molar-refractivity contribution in [3.63, 3.8) is 0 Å². The molecule has 3 aromatic rings. The number of fused-ring (bicyclic) bond motifs is 2. The molecule has 150 valence electrons. The van der Waals surface area contributed by atoms with Crippen molar-refractivity contribution in [2.24, 2.45) is 0 Å². The highest BCUT2D eigenvalue weighted by Crippen LogP contribution is 2.45. The number of nitrogens with zero attached hydrogens (tertiary/aromatic N) is 4. The largest absolute Gasteiger partial charge is 0.477 e. The van der Waals surface area contributed by atoms with Gasteiger partial charge in [0.2, 0.25) is 0 Å². The maximum absolute atomic E-state index is 11.4. The zero-order valence-electron chi connectivity index (χ0n) is 16.0. The number of anilines is 1. The Balaban J connectivity index is 1.29. The van der Waals surface area contributed by atoms with Crippen LogP contribution in [-0.4, -0.2) is 45.3 Å². The Hall–Kier alpha value is -2.71. The quantitative estimate of drug-likeness (QED) is 0.712. The molecule has 0 aliphatic carbocycles. The van der Waals surface area contributed by atoms with E-state index >= 15 is 0 Å². The summed E-state index contributed by atoms with van der Waals surface area (Å²) in [5.74, 6) is 0.125. The minimum Gasteiger partial charge on any atom is -0.477 e. The summed E-state index contributed by atoms with van der Waals surface area (Å²) in [6.07, 6.45) is 9.93. The van der Waals surface area contributed by atoms with Crippen LogP contribution < -0.4 is 4.90 Å². The van der Waals surface area contributed by atoms with Crippen molar-refractivity contribution in [1.29, 1.82) is 0 Å². The van der Waals surface area contributed by atoms with Gasteiger partial charge in [-0.3, -0.25) is 0 Å². The number of hydrogen-bond acceptors (Lipinski definition) is 6. The molecule has 1 fully saturated rings. The third-order valence-corrected chi connectivity index (χ3v) is 7.16. The first-order valence-corrected chi connectivity index (χ1v) is 10.6. The number of carboxylic acids is 1. The van der Waals surface area contributed by atoms with Crippen LogP contribution in [0.5, 0.6) is 0 Å². The first-order chi connectivity index (χ1) is 14.1. The third kappa shape index (κ3) is 3.42. The van der Waals surface area contributed by atoms with Crippen LogP contribution in [0.2, 0.25) is 0 Å². The fourth-order valence-corrected chi connectivity index (χ4v) is 5.53. The Morgan fingerprint density at radius 3 is 2.86 bits per heavy atom. The number of aromatic nitrogens is 3. The third-order valence-electron chi connectivity index (χ3n) is 5.81. The molecule has 1 saturated heterocycles. The molecule has 1 spiro atoms. The Kier molecular flexibility index (Phi) is 4.60. The molecule has 1 N–H and O–H groups in total. The molecule has 2 aliphatic rings. The molecular weight excluding hydrogens is 388 g/mol. The zero-order valence-corrected chi connectivity index (χ0v) is 16.8. The molecule has 0 unspecified atom stereocenters. The highest BCUT2D eigenvalue weighted by Gasteiger charge is 2.43. The van der Waals surface area contributed by atoms with E-state index in [1.54, 1.807) is 12.5 Å². The van der Waals surface area contributed by atoms with Crippen molar-refractivity contribution in [1.82, 2.24) is 14.5 Å². The summed E-state index contributed by atoms with van der Waals surface area (Å²) in [6, 6.07) is 6.02. The summed E-state index contributed by atoms with van der Waals surface area (Å²) in [7, 11) is 0. The fourth-order valence-electron chi connectivity index (χ4n) is 4.28. The zero-order chi connectivity index (χ0) is 19.8. The summed E-state index contributed by atoms with van der Waals surface area (Å²) in [5, 5.41) is 9.36. The van der Waals surface area contributed by atoms with E-state index in [0.717, 1.165) is 60.7 Å². The van der Waals surface area contributed by atoms with E-state index in [0.29, 0.717) is 11.5 Å². The number of imidazole rings is 1. The Morgan fingerprint density at radius 2 is 2.17 bits per heavy atom. The van der Waals surface area contributed by atoms with E-state index in [2.05, 4.69) is 27.0 Å². The number of aromatic carboxylic acids is 1. The average Bonchev–Trinajstić information content (AvgIpc) is 3.40. The van der Waals surface area contributed by atoms with Gasteiger partial charge in [-0.1, -0.05) is 6.07 Å². The maximum atomic E-state index is 11.4. The maximum Gasteiger partial charge on any atom is 0.345 e. The number of pyridine rings is 1. The van der Waals surface area contributed by atoms with Gasteiger partial charge in [0.25, 0.3) is 0 Å². The molecule has 0 aromatic carbocycles. The summed E-state index contributed by atoms with van der Waals surface area (Å²) >= 11 is 1.38. The normalized spacial score (nSPS) is 18.0. The van der Waals surface area contributed by atoms with Gasteiger partial charge >= 0.3 is 5.97 Å². The predicted molar refractivity (Wildman–Crippen MR) is 110 cm³/mol. The molecule has 2 aliphatic heterocycles. The second-order valence-corrected chi connectivity index (χ2v) is 8.66. The van der Waals surface area contributed by atoms with Crippen LogP contribution in [0.25, 0.3) is 0 Å². The molecule has 3 aromatic heterocycles. The summed E-state index contributed by atoms with van der Waals surface area (Å²) in [4.78, 5) is 24.0. The van der Waals surface area contributed by atoms with Gasteiger partial charge in [-0.05, 0) is 42.5 Å². The second-order valence-electron chi connectivity index (χ2n) is 7.61. The molecule has 7 nitrogen and oxygen atoms in total. The van der Waals surface area contributed by atoms with E-state index in [1.807, 2.05) is 23.0 Å². The molecule has 5 heterocycles. The van der Waals surface area contributed by atoms with E-state index in [4.69, 9.17) is 4.74 Å². The van der Waals surface area contributed by atoms with Crippen molar-refractivity contribution in [2.75, 3.05) is 24.6 Å². The second kappa shape index (κ2) is 7.27. The Bertz CT molecular complexity index is 1010. The number of ether oxygens (including phenoxy) is 1. The average molecular weight is 410 g/mol. The van der Waals surface area contributed by atoms with Crippen LogP contribution in [0.1, 0.15) is 38.5 Å². The van der Waals surface area contributed by atoms with Crippen molar-refractivity contribution in [3.8, 4) is 0 Å². The molecule has 0 saturated carbocycles. The minimum atomic E-state index is -0.850.